The highest BCUT2D eigenvalue weighted by Gasteiger charge is 2.27. The Labute approximate surface area is 86.5 Å². The summed E-state index contributed by atoms with van der Waals surface area (Å²) in [6.07, 6.45) is 8.29. The first kappa shape index (κ1) is 12.0. The van der Waals surface area contributed by atoms with Crippen molar-refractivity contribution in [3.05, 3.63) is 0 Å². The molecule has 0 spiro atoms. The van der Waals surface area contributed by atoms with E-state index in [4.69, 9.17) is 5.11 Å². The summed E-state index contributed by atoms with van der Waals surface area (Å²) in [6.45, 7) is 1.15. The quantitative estimate of drug-likeness (QED) is 0.449. The van der Waals surface area contributed by atoms with E-state index in [1.165, 1.54) is 6.42 Å². The number of aliphatic hydroxyl groups excluding tert-OH is 1. The lowest BCUT2D eigenvalue weighted by Crippen LogP contribution is -2.46. The second kappa shape index (κ2) is 6.38. The number of hydrogen-bond acceptors (Lipinski definition) is 3. The minimum Gasteiger partial charge on any atom is -0.396 e. The van der Waals surface area contributed by atoms with Crippen LogP contribution in [0.15, 0.2) is 0 Å². The molecule has 0 aromatic heterocycles. The lowest BCUT2D eigenvalue weighted by Gasteiger charge is -2.33. The smallest absolute Gasteiger partial charge is 0.116 e. The second-order valence-electron chi connectivity index (χ2n) is 4.30. The molecule has 1 aliphatic rings. The van der Waals surface area contributed by atoms with E-state index in [0.717, 1.165) is 51.5 Å². The molecule has 3 N–H and O–H groups in total. The summed E-state index contributed by atoms with van der Waals surface area (Å²) >= 11 is 0. The van der Waals surface area contributed by atoms with Crippen molar-refractivity contribution in [1.29, 1.82) is 0 Å². The Morgan fingerprint density at radius 1 is 1.00 bits per heavy atom. The fraction of sp³-hybridized carbons (Fsp3) is 1.00. The molecule has 0 radical (unpaired) electrons. The van der Waals surface area contributed by atoms with Crippen molar-refractivity contribution < 1.29 is 10.2 Å². The highest BCUT2D eigenvalue weighted by molar-refractivity contribution is 4.79. The van der Waals surface area contributed by atoms with Crippen molar-refractivity contribution in [3.63, 3.8) is 0 Å². The molecule has 14 heavy (non-hydrogen) atoms. The summed E-state index contributed by atoms with van der Waals surface area (Å²) in [4.78, 5) is 0. The van der Waals surface area contributed by atoms with E-state index in [0.29, 0.717) is 0 Å². The van der Waals surface area contributed by atoms with E-state index in [1.54, 1.807) is 0 Å². The third kappa shape index (κ3) is 4.40. The molecule has 0 aliphatic heterocycles. The van der Waals surface area contributed by atoms with Crippen LogP contribution in [0.25, 0.3) is 0 Å². The van der Waals surface area contributed by atoms with Crippen molar-refractivity contribution >= 4 is 0 Å². The zero-order chi connectivity index (χ0) is 10.3. The summed E-state index contributed by atoms with van der Waals surface area (Å²) in [5, 5.41) is 21.9. The van der Waals surface area contributed by atoms with Crippen molar-refractivity contribution in [2.24, 2.45) is 0 Å². The molecule has 3 heteroatoms. The van der Waals surface area contributed by atoms with Crippen LogP contribution < -0.4 is 5.32 Å². The van der Waals surface area contributed by atoms with Crippen molar-refractivity contribution in [2.45, 2.75) is 57.1 Å². The summed E-state index contributed by atoms with van der Waals surface area (Å²) in [5.74, 6) is 0. The van der Waals surface area contributed by atoms with Gasteiger partial charge in [-0.1, -0.05) is 6.42 Å². The highest BCUT2D eigenvalue weighted by Crippen LogP contribution is 2.25. The van der Waals surface area contributed by atoms with E-state index >= 15 is 0 Å². The number of aliphatic hydroxyl groups is 2. The fourth-order valence-electron chi connectivity index (χ4n) is 2.05. The Kier molecular flexibility index (Phi) is 5.45. The number of unbranched alkanes of at least 4 members (excludes halogenated alkanes) is 2. The van der Waals surface area contributed by atoms with E-state index in [9.17, 15) is 5.11 Å². The molecule has 0 saturated heterocycles. The topological polar surface area (TPSA) is 52.5 Å². The van der Waals surface area contributed by atoms with Gasteiger partial charge in [-0.05, 0) is 51.5 Å². The van der Waals surface area contributed by atoms with Crippen LogP contribution in [0.3, 0.4) is 0 Å². The van der Waals surface area contributed by atoms with E-state index in [-0.39, 0.29) is 6.61 Å². The van der Waals surface area contributed by atoms with Gasteiger partial charge in [0.1, 0.15) is 5.72 Å². The van der Waals surface area contributed by atoms with E-state index < -0.39 is 5.72 Å². The van der Waals surface area contributed by atoms with Crippen molar-refractivity contribution in [1.82, 2.24) is 5.32 Å². The number of hydrogen-bond donors (Lipinski definition) is 3. The Morgan fingerprint density at radius 3 is 2.36 bits per heavy atom. The molecule has 0 aromatic carbocycles. The molecule has 0 amide bonds. The second-order valence-corrected chi connectivity index (χ2v) is 4.30. The Morgan fingerprint density at radius 2 is 1.71 bits per heavy atom. The van der Waals surface area contributed by atoms with Gasteiger partial charge in [-0.15, -0.1) is 0 Å². The van der Waals surface area contributed by atoms with Crippen LogP contribution in [0.2, 0.25) is 0 Å². The molecule has 0 unspecified atom stereocenters. The molecule has 0 aromatic rings. The molecule has 1 saturated carbocycles. The van der Waals surface area contributed by atoms with Crippen LogP contribution in [0, 0.1) is 0 Å². The lowest BCUT2D eigenvalue weighted by atomic mass is 9.92. The van der Waals surface area contributed by atoms with E-state index in [2.05, 4.69) is 5.32 Å². The summed E-state index contributed by atoms with van der Waals surface area (Å²) in [5.41, 5.74) is -0.586. The minimum absolute atomic E-state index is 0.282. The Hall–Kier alpha value is -0.120. The molecule has 1 aliphatic carbocycles. The Balaban J connectivity index is 2.03. The van der Waals surface area contributed by atoms with Gasteiger partial charge in [0.2, 0.25) is 0 Å². The first-order chi connectivity index (χ1) is 6.77. The SMILES string of the molecule is OCCCCCNC1(O)CCCCC1. The van der Waals surface area contributed by atoms with Gasteiger partial charge in [-0.2, -0.15) is 0 Å². The van der Waals surface area contributed by atoms with Gasteiger partial charge < -0.3 is 10.2 Å². The molecule has 0 heterocycles. The monoisotopic (exact) mass is 201 g/mol. The first-order valence-corrected chi connectivity index (χ1v) is 5.85. The molecular weight excluding hydrogens is 178 g/mol. The molecular formula is C11H23NO2. The molecule has 1 fully saturated rings. The Bertz CT molecular complexity index is 144. The van der Waals surface area contributed by atoms with Crippen LogP contribution in [0.1, 0.15) is 51.4 Å². The number of nitrogens with one attached hydrogen (secondary N) is 1. The lowest BCUT2D eigenvalue weighted by molar-refractivity contribution is -0.0278. The van der Waals surface area contributed by atoms with Crippen molar-refractivity contribution in [3.8, 4) is 0 Å². The van der Waals surface area contributed by atoms with Gasteiger partial charge in [0.15, 0.2) is 0 Å². The summed E-state index contributed by atoms with van der Waals surface area (Å²) in [7, 11) is 0. The van der Waals surface area contributed by atoms with Gasteiger partial charge in [0, 0.05) is 6.61 Å². The minimum atomic E-state index is -0.586. The predicted molar refractivity (Wildman–Crippen MR) is 57.0 cm³/mol. The molecule has 0 atom stereocenters. The summed E-state index contributed by atoms with van der Waals surface area (Å²) in [6, 6.07) is 0. The van der Waals surface area contributed by atoms with Gasteiger partial charge in [-0.25, -0.2) is 0 Å². The van der Waals surface area contributed by atoms with Gasteiger partial charge in [0.25, 0.3) is 0 Å². The highest BCUT2D eigenvalue weighted by atomic mass is 16.3. The molecule has 1 rings (SSSR count). The van der Waals surface area contributed by atoms with Gasteiger partial charge in [0.05, 0.1) is 0 Å². The third-order valence-corrected chi connectivity index (χ3v) is 2.97. The first-order valence-electron chi connectivity index (χ1n) is 5.85. The fourth-order valence-corrected chi connectivity index (χ4v) is 2.05. The number of rotatable bonds is 6. The predicted octanol–water partition coefficient (Wildman–Crippen LogP) is 1.39. The third-order valence-electron chi connectivity index (χ3n) is 2.97. The van der Waals surface area contributed by atoms with Crippen LogP contribution in [0.5, 0.6) is 0 Å². The van der Waals surface area contributed by atoms with Crippen LogP contribution in [0.4, 0.5) is 0 Å². The van der Waals surface area contributed by atoms with Gasteiger partial charge >= 0.3 is 0 Å². The summed E-state index contributed by atoms with van der Waals surface area (Å²) < 4.78 is 0. The van der Waals surface area contributed by atoms with E-state index in [1.807, 2.05) is 0 Å². The zero-order valence-corrected chi connectivity index (χ0v) is 8.97. The molecule has 84 valence electrons. The van der Waals surface area contributed by atoms with Crippen molar-refractivity contribution in [2.75, 3.05) is 13.2 Å². The maximum absolute atomic E-state index is 10.1. The molecule has 0 bridgehead atoms. The largest absolute Gasteiger partial charge is 0.396 e. The van der Waals surface area contributed by atoms with Crippen LogP contribution >= 0.6 is 0 Å². The van der Waals surface area contributed by atoms with Crippen LogP contribution in [-0.2, 0) is 0 Å². The molecule has 3 nitrogen and oxygen atoms in total. The zero-order valence-electron chi connectivity index (χ0n) is 8.97. The average molecular weight is 201 g/mol. The maximum atomic E-state index is 10.1. The van der Waals surface area contributed by atoms with Gasteiger partial charge in [-0.3, -0.25) is 5.32 Å². The average Bonchev–Trinajstić information content (AvgIpc) is 2.18. The van der Waals surface area contributed by atoms with Crippen LogP contribution in [-0.4, -0.2) is 29.1 Å². The maximum Gasteiger partial charge on any atom is 0.116 e. The normalized spacial score (nSPS) is 21.0. The standard InChI is InChI=1S/C11H23NO2/c13-10-6-2-5-9-12-11(14)7-3-1-4-8-11/h12-14H,1-10H2.